The number of nitrogens with zero attached hydrogens (tertiary/aromatic N) is 2. The molecule has 0 aromatic heterocycles. The van der Waals surface area contributed by atoms with Gasteiger partial charge >= 0.3 is 0 Å². The molecule has 5 nitrogen and oxygen atoms in total. The Labute approximate surface area is 151 Å². The molecule has 130 valence electrons. The molecule has 0 unspecified atom stereocenters. The van der Waals surface area contributed by atoms with Crippen molar-refractivity contribution in [3.63, 3.8) is 0 Å². The van der Waals surface area contributed by atoms with E-state index in [4.69, 9.17) is 0 Å². The lowest BCUT2D eigenvalue weighted by atomic mass is 10.1. The molecule has 0 radical (unpaired) electrons. The van der Waals surface area contributed by atoms with E-state index >= 15 is 0 Å². The van der Waals surface area contributed by atoms with Crippen LogP contribution < -0.4 is 5.32 Å². The van der Waals surface area contributed by atoms with Crippen LogP contribution >= 0.6 is 11.8 Å². The molecule has 1 heterocycles. The van der Waals surface area contributed by atoms with E-state index in [-0.39, 0.29) is 18.2 Å². The molecule has 1 aliphatic heterocycles. The zero-order valence-corrected chi connectivity index (χ0v) is 15.2. The van der Waals surface area contributed by atoms with Gasteiger partial charge in [-0.2, -0.15) is 0 Å². The molecule has 3 rings (SSSR count). The number of fused-ring (bicyclic) bond motifs is 1. The molecule has 0 saturated carbocycles. The van der Waals surface area contributed by atoms with Crippen LogP contribution in [0, 0.1) is 0 Å². The van der Waals surface area contributed by atoms with Gasteiger partial charge in [0.05, 0.1) is 0 Å². The lowest BCUT2D eigenvalue weighted by Gasteiger charge is -2.13. The number of amidine groups is 1. The van der Waals surface area contributed by atoms with Crippen LogP contribution in [0.15, 0.2) is 47.5 Å². The number of carbonyl (C=O) groups is 2. The van der Waals surface area contributed by atoms with E-state index in [1.165, 1.54) is 11.8 Å². The molecule has 2 amide bonds. The van der Waals surface area contributed by atoms with Gasteiger partial charge in [-0.3, -0.25) is 19.5 Å². The zero-order valence-electron chi connectivity index (χ0n) is 14.4. The standard InChI is InChI=1S/C19H21N3O2S/c1-3-20-19-22(4-2)18(24)16(25-19)12-17(23)21-15-11-7-9-13-8-5-6-10-14(13)15/h5-11,16H,3-4,12H2,1-2H3,(H,21,23)/t16-/m1/s1. The van der Waals surface area contributed by atoms with Crippen LogP contribution in [-0.4, -0.2) is 40.2 Å². The van der Waals surface area contributed by atoms with Gasteiger partial charge in [0, 0.05) is 30.6 Å². The van der Waals surface area contributed by atoms with Crippen molar-refractivity contribution in [2.75, 3.05) is 18.4 Å². The van der Waals surface area contributed by atoms with Crippen molar-refractivity contribution in [1.82, 2.24) is 4.90 Å². The molecule has 1 atom stereocenters. The fourth-order valence-corrected chi connectivity index (χ4v) is 4.16. The molecular weight excluding hydrogens is 334 g/mol. The average molecular weight is 355 g/mol. The first-order chi connectivity index (χ1) is 12.1. The van der Waals surface area contributed by atoms with Gasteiger partial charge in [-0.25, -0.2) is 0 Å². The number of nitrogens with one attached hydrogen (secondary N) is 1. The molecule has 0 spiro atoms. The quantitative estimate of drug-likeness (QED) is 0.893. The molecular formula is C19H21N3O2S. The van der Waals surface area contributed by atoms with E-state index in [9.17, 15) is 9.59 Å². The highest BCUT2D eigenvalue weighted by molar-refractivity contribution is 8.15. The third-order valence-electron chi connectivity index (χ3n) is 4.06. The largest absolute Gasteiger partial charge is 0.325 e. The molecule has 1 fully saturated rings. The number of thioether (sulfide) groups is 1. The summed E-state index contributed by atoms with van der Waals surface area (Å²) in [5.74, 6) is -0.191. The summed E-state index contributed by atoms with van der Waals surface area (Å²) in [4.78, 5) is 31.0. The zero-order chi connectivity index (χ0) is 17.8. The summed E-state index contributed by atoms with van der Waals surface area (Å²) in [5, 5.41) is 5.33. The number of benzene rings is 2. The first-order valence-electron chi connectivity index (χ1n) is 8.44. The van der Waals surface area contributed by atoms with Crippen molar-refractivity contribution in [1.29, 1.82) is 0 Å². The summed E-state index contributed by atoms with van der Waals surface area (Å²) in [6.45, 7) is 5.06. The molecule has 1 aliphatic rings. The Bertz CT molecular complexity index is 829. The second kappa shape index (κ2) is 7.70. The maximum absolute atomic E-state index is 12.5. The minimum atomic E-state index is -0.403. The smallest absolute Gasteiger partial charge is 0.242 e. The van der Waals surface area contributed by atoms with Crippen LogP contribution in [0.4, 0.5) is 5.69 Å². The number of rotatable bonds is 5. The highest BCUT2D eigenvalue weighted by Crippen LogP contribution is 2.30. The van der Waals surface area contributed by atoms with Gasteiger partial charge in [0.15, 0.2) is 5.17 Å². The van der Waals surface area contributed by atoms with Crippen LogP contribution in [0.5, 0.6) is 0 Å². The van der Waals surface area contributed by atoms with Crippen molar-refractivity contribution in [3.8, 4) is 0 Å². The fourth-order valence-electron chi connectivity index (χ4n) is 2.89. The predicted molar refractivity (Wildman–Crippen MR) is 104 cm³/mol. The summed E-state index contributed by atoms with van der Waals surface area (Å²) in [6, 6.07) is 13.7. The van der Waals surface area contributed by atoms with Gasteiger partial charge in [0.2, 0.25) is 11.8 Å². The Kier molecular flexibility index (Phi) is 5.38. The summed E-state index contributed by atoms with van der Waals surface area (Å²) < 4.78 is 0. The van der Waals surface area contributed by atoms with Gasteiger partial charge in [0.25, 0.3) is 0 Å². The fraction of sp³-hybridized carbons (Fsp3) is 0.316. The molecule has 1 saturated heterocycles. The van der Waals surface area contributed by atoms with E-state index in [2.05, 4.69) is 10.3 Å². The van der Waals surface area contributed by atoms with E-state index < -0.39 is 5.25 Å². The number of aliphatic imine (C=N–C) groups is 1. The van der Waals surface area contributed by atoms with Crippen molar-refractivity contribution in [2.24, 2.45) is 4.99 Å². The van der Waals surface area contributed by atoms with Crippen molar-refractivity contribution in [2.45, 2.75) is 25.5 Å². The second-order valence-electron chi connectivity index (χ2n) is 5.72. The van der Waals surface area contributed by atoms with Gasteiger partial charge < -0.3 is 5.32 Å². The van der Waals surface area contributed by atoms with Crippen molar-refractivity contribution < 1.29 is 9.59 Å². The van der Waals surface area contributed by atoms with Crippen LogP contribution in [0.2, 0.25) is 0 Å². The lowest BCUT2D eigenvalue weighted by Crippen LogP contribution is -2.33. The predicted octanol–water partition coefficient (Wildman–Crippen LogP) is 3.51. The Hall–Kier alpha value is -2.34. The molecule has 25 heavy (non-hydrogen) atoms. The second-order valence-corrected chi connectivity index (χ2v) is 6.89. The maximum Gasteiger partial charge on any atom is 0.242 e. The van der Waals surface area contributed by atoms with Gasteiger partial charge in [-0.05, 0) is 25.3 Å². The lowest BCUT2D eigenvalue weighted by molar-refractivity contribution is -0.128. The highest BCUT2D eigenvalue weighted by atomic mass is 32.2. The molecule has 1 N–H and O–H groups in total. The van der Waals surface area contributed by atoms with E-state index in [0.717, 1.165) is 21.6 Å². The summed E-state index contributed by atoms with van der Waals surface area (Å²) in [6.07, 6.45) is 0.145. The summed E-state index contributed by atoms with van der Waals surface area (Å²) >= 11 is 1.38. The first-order valence-corrected chi connectivity index (χ1v) is 9.32. The first kappa shape index (κ1) is 17.5. The van der Waals surface area contributed by atoms with Gasteiger partial charge in [0.1, 0.15) is 5.25 Å². The summed E-state index contributed by atoms with van der Waals surface area (Å²) in [5.41, 5.74) is 0.772. The minimum absolute atomic E-state index is 0.0345. The number of carbonyl (C=O) groups excluding carboxylic acids is 2. The van der Waals surface area contributed by atoms with Crippen LogP contribution in [0.1, 0.15) is 20.3 Å². The van der Waals surface area contributed by atoms with Crippen molar-refractivity contribution in [3.05, 3.63) is 42.5 Å². The third-order valence-corrected chi connectivity index (χ3v) is 5.28. The maximum atomic E-state index is 12.5. The molecule has 0 bridgehead atoms. The van der Waals surface area contributed by atoms with Gasteiger partial charge in [-0.1, -0.05) is 48.2 Å². The van der Waals surface area contributed by atoms with Crippen LogP contribution in [-0.2, 0) is 9.59 Å². The molecule has 0 aliphatic carbocycles. The molecule has 6 heteroatoms. The number of anilines is 1. The third kappa shape index (κ3) is 3.69. The Balaban J connectivity index is 1.72. The topological polar surface area (TPSA) is 61.8 Å². The summed E-state index contributed by atoms with van der Waals surface area (Å²) in [7, 11) is 0. The number of amides is 2. The number of hydrogen-bond donors (Lipinski definition) is 1. The van der Waals surface area contributed by atoms with E-state index in [1.807, 2.05) is 56.3 Å². The highest BCUT2D eigenvalue weighted by Gasteiger charge is 2.38. The normalized spacial score (nSPS) is 19.0. The Morgan fingerprint density at radius 3 is 2.72 bits per heavy atom. The van der Waals surface area contributed by atoms with Crippen molar-refractivity contribution >= 4 is 45.2 Å². The Morgan fingerprint density at radius 2 is 1.96 bits per heavy atom. The molecule has 2 aromatic rings. The van der Waals surface area contributed by atoms with E-state index in [1.54, 1.807) is 4.90 Å². The number of hydrogen-bond acceptors (Lipinski definition) is 4. The van der Waals surface area contributed by atoms with Crippen LogP contribution in [0.25, 0.3) is 10.8 Å². The SMILES string of the molecule is CCN=C1S[C@H](CC(=O)Nc2cccc3ccccc23)C(=O)N1CC. The van der Waals surface area contributed by atoms with Crippen LogP contribution in [0.3, 0.4) is 0 Å². The van der Waals surface area contributed by atoms with Gasteiger partial charge in [-0.15, -0.1) is 0 Å². The average Bonchev–Trinajstić information content (AvgIpc) is 2.90. The molecule has 2 aromatic carbocycles. The van der Waals surface area contributed by atoms with E-state index in [0.29, 0.717) is 13.1 Å². The minimum Gasteiger partial charge on any atom is -0.325 e. The Morgan fingerprint density at radius 1 is 1.20 bits per heavy atom. The monoisotopic (exact) mass is 355 g/mol.